The highest BCUT2D eigenvalue weighted by Crippen LogP contribution is 2.34. The lowest BCUT2D eigenvalue weighted by atomic mass is 10.1. The first kappa shape index (κ1) is 25.6. The smallest absolute Gasteiger partial charge is 0.222 e. The molecule has 0 spiro atoms. The minimum Gasteiger partial charge on any atom is -0.439 e. The molecule has 1 aromatic heterocycles. The van der Waals surface area contributed by atoms with E-state index in [9.17, 15) is 9.50 Å². The van der Waals surface area contributed by atoms with Crippen molar-refractivity contribution in [1.29, 1.82) is 0 Å². The summed E-state index contributed by atoms with van der Waals surface area (Å²) in [5.74, 6) is 1.17. The summed E-state index contributed by atoms with van der Waals surface area (Å²) in [6, 6.07) is 15.9. The largest absolute Gasteiger partial charge is 0.439 e. The molecule has 1 unspecified atom stereocenters. The molecule has 0 amide bonds. The molecule has 1 heterocycles. The summed E-state index contributed by atoms with van der Waals surface area (Å²) in [6.45, 7) is 10.3. The number of ether oxygens (including phenoxy) is 2. The van der Waals surface area contributed by atoms with E-state index in [-0.39, 0.29) is 12.4 Å². The van der Waals surface area contributed by atoms with Crippen LogP contribution in [0, 0.1) is 11.7 Å². The van der Waals surface area contributed by atoms with Crippen LogP contribution in [0.15, 0.2) is 67.3 Å². The Balaban J connectivity index is 1.94. The normalized spacial score (nSPS) is 12.3. The van der Waals surface area contributed by atoms with Gasteiger partial charge < -0.3 is 14.6 Å². The molecule has 182 valence electrons. The lowest BCUT2D eigenvalue weighted by Crippen LogP contribution is -2.37. The first-order chi connectivity index (χ1) is 16.4. The quantitative estimate of drug-likeness (QED) is 0.282. The van der Waals surface area contributed by atoms with E-state index in [4.69, 9.17) is 14.6 Å². The molecule has 0 radical (unpaired) electrons. The minimum absolute atomic E-state index is 0.234. The third kappa shape index (κ3) is 7.25. The van der Waals surface area contributed by atoms with Gasteiger partial charge in [0.25, 0.3) is 0 Å². The monoisotopic (exact) mass is 467 g/mol. The van der Waals surface area contributed by atoms with Gasteiger partial charge in [0, 0.05) is 32.2 Å². The van der Waals surface area contributed by atoms with Crippen molar-refractivity contribution in [2.24, 2.45) is 13.0 Å². The van der Waals surface area contributed by atoms with Crippen molar-refractivity contribution in [3.8, 4) is 22.9 Å². The molecule has 1 atom stereocenters. The second-order valence-electron chi connectivity index (χ2n) is 8.75. The van der Waals surface area contributed by atoms with Gasteiger partial charge in [-0.05, 0) is 30.2 Å². The fraction of sp³-hybridized carbons (Fsp3) is 0.370. The molecular weight excluding hydrogens is 433 g/mol. The number of aryl methyl sites for hydroxylation is 1. The summed E-state index contributed by atoms with van der Waals surface area (Å²) in [4.78, 5) is 2.19. The van der Waals surface area contributed by atoms with Gasteiger partial charge in [0.1, 0.15) is 17.3 Å². The number of aromatic nitrogens is 2. The van der Waals surface area contributed by atoms with Gasteiger partial charge in [-0.2, -0.15) is 5.10 Å². The predicted octanol–water partition coefficient (Wildman–Crippen LogP) is 5.04. The Labute approximate surface area is 201 Å². The fourth-order valence-electron chi connectivity index (χ4n) is 3.85. The highest BCUT2D eigenvalue weighted by Gasteiger charge is 2.24. The van der Waals surface area contributed by atoms with Crippen LogP contribution >= 0.6 is 0 Å². The van der Waals surface area contributed by atoms with Crippen LogP contribution in [-0.4, -0.2) is 52.2 Å². The van der Waals surface area contributed by atoms with Gasteiger partial charge >= 0.3 is 0 Å². The van der Waals surface area contributed by atoms with Gasteiger partial charge in [-0.15, -0.1) is 6.58 Å². The average Bonchev–Trinajstić information content (AvgIpc) is 3.10. The number of hydrogen-bond donors (Lipinski definition) is 1. The Morgan fingerprint density at radius 1 is 1.12 bits per heavy atom. The van der Waals surface area contributed by atoms with Crippen molar-refractivity contribution >= 4 is 0 Å². The summed E-state index contributed by atoms with van der Waals surface area (Å²) >= 11 is 0. The molecule has 6 nitrogen and oxygen atoms in total. The molecule has 0 bridgehead atoms. The molecule has 2 aromatic carbocycles. The third-order valence-corrected chi connectivity index (χ3v) is 5.18. The van der Waals surface area contributed by atoms with Crippen molar-refractivity contribution in [2.45, 2.75) is 26.5 Å². The van der Waals surface area contributed by atoms with Crippen molar-refractivity contribution in [3.63, 3.8) is 0 Å². The Bertz CT molecular complexity index is 1040. The summed E-state index contributed by atoms with van der Waals surface area (Å²) in [5.41, 5.74) is 2.69. The van der Waals surface area contributed by atoms with Crippen molar-refractivity contribution in [2.75, 3.05) is 26.3 Å². The number of aliphatic hydroxyl groups is 1. The number of benzene rings is 2. The first-order valence-corrected chi connectivity index (χ1v) is 11.5. The number of nitrogens with zero attached hydrogens (tertiary/aromatic N) is 3. The molecule has 0 aliphatic carbocycles. The molecule has 1 N–H and O–H groups in total. The molecule has 3 aromatic rings. The van der Waals surface area contributed by atoms with E-state index >= 15 is 0 Å². The zero-order valence-corrected chi connectivity index (χ0v) is 20.2. The third-order valence-electron chi connectivity index (χ3n) is 5.18. The molecule has 0 saturated carbocycles. The second-order valence-corrected chi connectivity index (χ2v) is 8.75. The van der Waals surface area contributed by atoms with Crippen LogP contribution in [0.2, 0.25) is 0 Å². The summed E-state index contributed by atoms with van der Waals surface area (Å²) in [7, 11) is 1.83. The molecule has 0 saturated heterocycles. The fourth-order valence-corrected chi connectivity index (χ4v) is 3.85. The van der Waals surface area contributed by atoms with E-state index in [1.807, 2.05) is 37.4 Å². The summed E-state index contributed by atoms with van der Waals surface area (Å²) < 4.78 is 26.8. The number of rotatable bonds is 13. The SMILES string of the molecule is C=CCOCC(O)CN(Cc1c(-c2ccccc2)nn(C)c1Oc1ccc(F)cc1)CC(C)C. The van der Waals surface area contributed by atoms with E-state index in [0.717, 1.165) is 23.4 Å². The Morgan fingerprint density at radius 3 is 2.47 bits per heavy atom. The van der Waals surface area contributed by atoms with Crippen molar-refractivity contribution < 1.29 is 19.0 Å². The number of aliphatic hydroxyl groups excluding tert-OH is 1. The van der Waals surface area contributed by atoms with Gasteiger partial charge in [0.05, 0.1) is 24.9 Å². The van der Waals surface area contributed by atoms with Gasteiger partial charge in [-0.3, -0.25) is 4.90 Å². The van der Waals surface area contributed by atoms with Crippen LogP contribution in [0.25, 0.3) is 11.3 Å². The Kier molecular flexibility index (Phi) is 9.39. The van der Waals surface area contributed by atoms with E-state index in [2.05, 4.69) is 25.3 Å². The average molecular weight is 468 g/mol. The maximum Gasteiger partial charge on any atom is 0.222 e. The highest BCUT2D eigenvalue weighted by atomic mass is 19.1. The summed E-state index contributed by atoms with van der Waals surface area (Å²) in [5, 5.41) is 15.3. The first-order valence-electron chi connectivity index (χ1n) is 11.5. The van der Waals surface area contributed by atoms with Crippen LogP contribution in [0.5, 0.6) is 11.6 Å². The van der Waals surface area contributed by atoms with E-state index in [1.165, 1.54) is 12.1 Å². The predicted molar refractivity (Wildman–Crippen MR) is 132 cm³/mol. The van der Waals surface area contributed by atoms with Crippen LogP contribution in [0.4, 0.5) is 4.39 Å². The van der Waals surface area contributed by atoms with Gasteiger partial charge in [-0.1, -0.05) is 50.3 Å². The maximum atomic E-state index is 13.4. The molecule has 0 aliphatic rings. The van der Waals surface area contributed by atoms with Crippen molar-refractivity contribution in [3.05, 3.63) is 78.6 Å². The molecular formula is C27H34FN3O3. The zero-order chi connectivity index (χ0) is 24.5. The maximum absolute atomic E-state index is 13.4. The van der Waals surface area contributed by atoms with Crippen LogP contribution < -0.4 is 4.74 Å². The van der Waals surface area contributed by atoms with Gasteiger partial charge in [0.2, 0.25) is 5.88 Å². The number of hydrogen-bond acceptors (Lipinski definition) is 5. The molecule has 7 heteroatoms. The minimum atomic E-state index is -0.642. The second kappa shape index (κ2) is 12.5. The standard InChI is InChI=1S/C27H34FN3O3/c1-5-15-33-19-23(32)17-31(16-20(2)3)18-25-26(21-9-7-6-8-10-21)29-30(4)27(25)34-24-13-11-22(28)12-14-24/h5-14,20,23,32H,1,15-19H2,2-4H3. The Hall–Kier alpha value is -3.00. The topological polar surface area (TPSA) is 59.8 Å². The number of halogens is 1. The highest BCUT2D eigenvalue weighted by molar-refractivity contribution is 5.65. The zero-order valence-electron chi connectivity index (χ0n) is 20.2. The van der Waals surface area contributed by atoms with Crippen LogP contribution in [0.3, 0.4) is 0 Å². The van der Waals surface area contributed by atoms with E-state index < -0.39 is 6.10 Å². The lowest BCUT2D eigenvalue weighted by molar-refractivity contribution is 0.0222. The van der Waals surface area contributed by atoms with Crippen LogP contribution in [-0.2, 0) is 18.3 Å². The molecule has 3 rings (SSSR count). The van der Waals surface area contributed by atoms with Crippen LogP contribution in [0.1, 0.15) is 19.4 Å². The molecule has 0 aliphatic heterocycles. The van der Waals surface area contributed by atoms with E-state index in [0.29, 0.717) is 37.2 Å². The summed E-state index contributed by atoms with van der Waals surface area (Å²) in [6.07, 6.45) is 1.02. The van der Waals surface area contributed by atoms with E-state index in [1.54, 1.807) is 22.9 Å². The van der Waals surface area contributed by atoms with Gasteiger partial charge in [-0.25, -0.2) is 9.07 Å². The molecule has 34 heavy (non-hydrogen) atoms. The Morgan fingerprint density at radius 2 is 1.82 bits per heavy atom. The lowest BCUT2D eigenvalue weighted by Gasteiger charge is -2.27. The van der Waals surface area contributed by atoms with Gasteiger partial charge in [0.15, 0.2) is 0 Å². The van der Waals surface area contributed by atoms with Crippen molar-refractivity contribution in [1.82, 2.24) is 14.7 Å². The molecule has 0 fully saturated rings.